The molecule has 140 valence electrons. The van der Waals surface area contributed by atoms with Gasteiger partial charge in [-0.2, -0.15) is 0 Å². The first-order valence-electron chi connectivity index (χ1n) is 9.30. The van der Waals surface area contributed by atoms with Gasteiger partial charge >= 0.3 is 0 Å². The van der Waals surface area contributed by atoms with Gasteiger partial charge in [-0.3, -0.25) is 0 Å². The van der Waals surface area contributed by atoms with Crippen molar-refractivity contribution in [1.29, 1.82) is 0 Å². The zero-order valence-corrected chi connectivity index (χ0v) is 16.3. The zero-order chi connectivity index (χ0) is 19.1. The summed E-state index contributed by atoms with van der Waals surface area (Å²) in [4.78, 5) is 16.0. The first kappa shape index (κ1) is 17.5. The number of fused-ring (bicyclic) bond motifs is 1. The Morgan fingerprint density at radius 3 is 2.63 bits per heavy atom. The quantitative estimate of drug-likeness (QED) is 0.758. The molecule has 2 aromatic heterocycles. The zero-order valence-electron chi connectivity index (χ0n) is 16.3. The Kier molecular flexibility index (Phi) is 4.34. The second-order valence-corrected chi connectivity index (χ2v) is 7.26. The number of nitrogen functional groups attached to an aromatic ring is 1. The minimum Gasteiger partial charge on any atom is -0.496 e. The molecule has 0 saturated heterocycles. The Labute approximate surface area is 159 Å². The van der Waals surface area contributed by atoms with Crippen LogP contribution in [0.25, 0.3) is 22.2 Å². The third kappa shape index (κ3) is 2.85. The molecule has 2 N–H and O–H groups in total. The van der Waals surface area contributed by atoms with Crippen LogP contribution in [0, 0.1) is 13.8 Å². The van der Waals surface area contributed by atoms with Crippen LogP contribution in [0.4, 0.5) is 11.6 Å². The van der Waals surface area contributed by atoms with Gasteiger partial charge in [-0.25, -0.2) is 15.0 Å². The van der Waals surface area contributed by atoms with Gasteiger partial charge in [0.25, 0.3) is 0 Å². The van der Waals surface area contributed by atoms with Crippen molar-refractivity contribution in [2.45, 2.75) is 39.2 Å². The van der Waals surface area contributed by atoms with Crippen LogP contribution in [-0.2, 0) is 0 Å². The average Bonchev–Trinajstić information content (AvgIpc) is 2.61. The smallest absolute Gasteiger partial charge is 0.134 e. The number of methoxy groups -OCH3 is 1. The molecular formula is C21H25N5O. The molecule has 1 fully saturated rings. The van der Waals surface area contributed by atoms with E-state index in [-0.39, 0.29) is 0 Å². The van der Waals surface area contributed by atoms with Crippen LogP contribution < -0.4 is 15.4 Å². The Bertz CT molecular complexity index is 1010. The molecule has 0 unspecified atom stereocenters. The maximum Gasteiger partial charge on any atom is 0.134 e. The summed E-state index contributed by atoms with van der Waals surface area (Å²) in [5.74, 6) is 2.22. The fraction of sp³-hybridized carbons (Fsp3) is 0.381. The molecule has 0 spiro atoms. The summed E-state index contributed by atoms with van der Waals surface area (Å²) >= 11 is 0. The predicted octanol–water partition coefficient (Wildman–Crippen LogP) is 3.89. The molecule has 1 aliphatic rings. The Balaban J connectivity index is 2.01. The molecular weight excluding hydrogens is 338 g/mol. The monoisotopic (exact) mass is 363 g/mol. The number of aromatic nitrogens is 3. The van der Waals surface area contributed by atoms with E-state index in [1.807, 2.05) is 12.1 Å². The van der Waals surface area contributed by atoms with Gasteiger partial charge in [0.1, 0.15) is 29.2 Å². The third-order valence-electron chi connectivity index (χ3n) is 5.70. The first-order chi connectivity index (χ1) is 13.0. The number of hydrogen-bond donors (Lipinski definition) is 1. The highest BCUT2D eigenvalue weighted by Gasteiger charge is 2.25. The standard InChI is InChI=1S/C21H25N5O/c1-12-8-9-16(27-4)13(2)18(12)20-19-15(21(22)24-11-23-19)10-17(25-20)26(3)14-6-5-7-14/h8-11,14H,5-7H2,1-4H3,(H2,22,23,24). The van der Waals surface area contributed by atoms with Crippen LogP contribution in [-0.4, -0.2) is 35.2 Å². The van der Waals surface area contributed by atoms with Crippen molar-refractivity contribution in [3.8, 4) is 17.0 Å². The van der Waals surface area contributed by atoms with Gasteiger partial charge in [-0.15, -0.1) is 0 Å². The summed E-state index contributed by atoms with van der Waals surface area (Å²) in [5.41, 5.74) is 11.0. The van der Waals surface area contributed by atoms with Gasteiger partial charge in [-0.05, 0) is 50.8 Å². The predicted molar refractivity (Wildman–Crippen MR) is 109 cm³/mol. The fourth-order valence-electron chi connectivity index (χ4n) is 3.80. The number of ether oxygens (including phenoxy) is 1. The van der Waals surface area contributed by atoms with Crippen molar-refractivity contribution in [2.24, 2.45) is 0 Å². The lowest BCUT2D eigenvalue weighted by atomic mass is 9.91. The number of benzene rings is 1. The fourth-order valence-corrected chi connectivity index (χ4v) is 3.80. The molecule has 0 atom stereocenters. The summed E-state index contributed by atoms with van der Waals surface area (Å²) in [5, 5.41) is 0.838. The highest BCUT2D eigenvalue weighted by atomic mass is 16.5. The SMILES string of the molecule is COc1ccc(C)c(-c2nc(N(C)C3CCC3)cc3c(N)ncnc23)c1C. The average molecular weight is 363 g/mol. The highest BCUT2D eigenvalue weighted by molar-refractivity contribution is 5.99. The van der Waals surface area contributed by atoms with Crippen molar-refractivity contribution < 1.29 is 4.74 Å². The maximum absolute atomic E-state index is 6.20. The van der Waals surface area contributed by atoms with E-state index < -0.39 is 0 Å². The van der Waals surface area contributed by atoms with Gasteiger partial charge in [0.05, 0.1) is 12.8 Å². The van der Waals surface area contributed by atoms with E-state index in [2.05, 4.69) is 41.8 Å². The summed E-state index contributed by atoms with van der Waals surface area (Å²) in [7, 11) is 3.79. The first-order valence-corrected chi connectivity index (χ1v) is 9.30. The van der Waals surface area contributed by atoms with Crippen LogP contribution in [0.3, 0.4) is 0 Å². The molecule has 0 bridgehead atoms. The maximum atomic E-state index is 6.20. The van der Waals surface area contributed by atoms with Crippen LogP contribution >= 0.6 is 0 Å². The van der Waals surface area contributed by atoms with Crippen molar-refractivity contribution in [3.05, 3.63) is 35.7 Å². The van der Waals surface area contributed by atoms with Gasteiger partial charge in [0.2, 0.25) is 0 Å². The van der Waals surface area contributed by atoms with Gasteiger partial charge in [0, 0.05) is 29.6 Å². The largest absolute Gasteiger partial charge is 0.496 e. The number of nitrogens with two attached hydrogens (primary N) is 1. The number of nitrogens with zero attached hydrogens (tertiary/aromatic N) is 4. The molecule has 2 heterocycles. The van der Waals surface area contributed by atoms with Crippen LogP contribution in [0.2, 0.25) is 0 Å². The van der Waals surface area contributed by atoms with E-state index in [4.69, 9.17) is 15.5 Å². The molecule has 6 heteroatoms. The van der Waals surface area contributed by atoms with E-state index in [0.29, 0.717) is 11.9 Å². The van der Waals surface area contributed by atoms with E-state index in [9.17, 15) is 0 Å². The minimum atomic E-state index is 0.477. The van der Waals surface area contributed by atoms with Crippen molar-refractivity contribution in [3.63, 3.8) is 0 Å². The van der Waals surface area contributed by atoms with E-state index in [1.54, 1.807) is 7.11 Å². The van der Waals surface area contributed by atoms with Crippen LogP contribution in [0.15, 0.2) is 24.5 Å². The highest BCUT2D eigenvalue weighted by Crippen LogP contribution is 2.38. The molecule has 0 aliphatic heterocycles. The third-order valence-corrected chi connectivity index (χ3v) is 5.70. The van der Waals surface area contributed by atoms with Crippen molar-refractivity contribution in [2.75, 3.05) is 24.8 Å². The van der Waals surface area contributed by atoms with Crippen molar-refractivity contribution >= 4 is 22.5 Å². The molecule has 1 aromatic carbocycles. The molecule has 0 amide bonds. The van der Waals surface area contributed by atoms with Gasteiger partial charge in [-0.1, -0.05) is 6.07 Å². The summed E-state index contributed by atoms with van der Waals surface area (Å²) in [6, 6.07) is 6.59. The Morgan fingerprint density at radius 1 is 1.19 bits per heavy atom. The lowest BCUT2D eigenvalue weighted by molar-refractivity contribution is 0.399. The number of aryl methyl sites for hydroxylation is 1. The summed E-state index contributed by atoms with van der Waals surface area (Å²) in [6.45, 7) is 4.14. The van der Waals surface area contributed by atoms with E-state index in [0.717, 1.165) is 44.9 Å². The molecule has 27 heavy (non-hydrogen) atoms. The van der Waals surface area contributed by atoms with Gasteiger partial charge < -0.3 is 15.4 Å². The molecule has 6 nitrogen and oxygen atoms in total. The number of hydrogen-bond acceptors (Lipinski definition) is 6. The number of rotatable bonds is 4. The second kappa shape index (κ2) is 6.68. The number of anilines is 2. The number of pyridine rings is 1. The molecule has 4 rings (SSSR count). The lowest BCUT2D eigenvalue weighted by Gasteiger charge is -2.36. The molecule has 1 aliphatic carbocycles. The normalized spacial score (nSPS) is 14.2. The summed E-state index contributed by atoms with van der Waals surface area (Å²) in [6.07, 6.45) is 5.17. The van der Waals surface area contributed by atoms with Crippen LogP contribution in [0.5, 0.6) is 5.75 Å². The Morgan fingerprint density at radius 2 is 1.96 bits per heavy atom. The Hall–Kier alpha value is -2.89. The molecule has 3 aromatic rings. The molecule has 1 saturated carbocycles. The second-order valence-electron chi connectivity index (χ2n) is 7.26. The van der Waals surface area contributed by atoms with E-state index >= 15 is 0 Å². The van der Waals surface area contributed by atoms with E-state index in [1.165, 1.54) is 25.6 Å². The topological polar surface area (TPSA) is 77.2 Å². The van der Waals surface area contributed by atoms with Gasteiger partial charge in [0.15, 0.2) is 0 Å². The van der Waals surface area contributed by atoms with Crippen LogP contribution in [0.1, 0.15) is 30.4 Å². The minimum absolute atomic E-state index is 0.477. The summed E-state index contributed by atoms with van der Waals surface area (Å²) < 4.78 is 5.54. The molecule has 0 radical (unpaired) electrons. The van der Waals surface area contributed by atoms with Crippen molar-refractivity contribution in [1.82, 2.24) is 15.0 Å². The lowest BCUT2D eigenvalue weighted by Crippen LogP contribution is -2.37.